The van der Waals surface area contributed by atoms with Gasteiger partial charge in [0, 0.05) is 6.07 Å². The minimum Gasteiger partial charge on any atom is -0.423 e. The summed E-state index contributed by atoms with van der Waals surface area (Å²) in [6.45, 7) is 2.33. The molecule has 0 aliphatic heterocycles. The second kappa shape index (κ2) is 10.3. The van der Waals surface area contributed by atoms with E-state index in [1.54, 1.807) is 12.1 Å². The number of hydrogen-bond acceptors (Lipinski definition) is 2. The second-order valence-corrected chi connectivity index (χ2v) is 9.26. The summed E-state index contributed by atoms with van der Waals surface area (Å²) in [4.78, 5) is 12.4. The first kappa shape index (κ1) is 22.5. The van der Waals surface area contributed by atoms with Crippen molar-refractivity contribution in [2.75, 3.05) is 0 Å². The third kappa shape index (κ3) is 5.58. The summed E-state index contributed by atoms with van der Waals surface area (Å²) < 4.78 is 18.8. The topological polar surface area (TPSA) is 26.3 Å². The maximum absolute atomic E-state index is 13.6. The van der Waals surface area contributed by atoms with Gasteiger partial charge in [0.05, 0.1) is 10.6 Å². The molecule has 3 aromatic rings. The van der Waals surface area contributed by atoms with Crippen LogP contribution in [0.1, 0.15) is 72.3 Å². The number of ether oxygens (including phenoxy) is 1. The van der Waals surface area contributed by atoms with E-state index < -0.39 is 11.8 Å². The van der Waals surface area contributed by atoms with Crippen LogP contribution in [-0.2, 0) is 0 Å². The first-order valence-corrected chi connectivity index (χ1v) is 11.7. The molecule has 0 spiro atoms. The summed E-state index contributed by atoms with van der Waals surface area (Å²) in [5, 5.41) is -0.00149. The van der Waals surface area contributed by atoms with E-state index >= 15 is 0 Å². The minimum absolute atomic E-state index is 0.00149. The summed E-state index contributed by atoms with van der Waals surface area (Å²) in [7, 11) is 0. The second-order valence-electron chi connectivity index (χ2n) is 8.85. The predicted molar refractivity (Wildman–Crippen MR) is 127 cm³/mol. The maximum Gasteiger partial charge on any atom is 0.343 e. The number of carbonyl (C=O) groups is 1. The van der Waals surface area contributed by atoms with E-state index in [0.717, 1.165) is 12.0 Å². The van der Waals surface area contributed by atoms with Gasteiger partial charge in [0.25, 0.3) is 0 Å². The molecule has 32 heavy (non-hydrogen) atoms. The summed E-state index contributed by atoms with van der Waals surface area (Å²) in [5.74, 6) is 0.934. The average molecular weight is 451 g/mol. The zero-order chi connectivity index (χ0) is 22.5. The van der Waals surface area contributed by atoms with Crippen molar-refractivity contribution in [3.05, 3.63) is 100 Å². The van der Waals surface area contributed by atoms with Gasteiger partial charge >= 0.3 is 5.97 Å². The summed E-state index contributed by atoms with van der Waals surface area (Å²) in [6.07, 6.45) is 6.09. The van der Waals surface area contributed by atoms with Crippen molar-refractivity contribution in [1.29, 1.82) is 0 Å². The van der Waals surface area contributed by atoms with E-state index in [-0.39, 0.29) is 10.8 Å². The van der Waals surface area contributed by atoms with Gasteiger partial charge in [-0.2, -0.15) is 0 Å². The van der Waals surface area contributed by atoms with E-state index in [1.165, 1.54) is 55.4 Å². The fourth-order valence-electron chi connectivity index (χ4n) is 4.75. The molecule has 1 atom stereocenters. The fourth-order valence-corrected chi connectivity index (χ4v) is 4.86. The Balaban J connectivity index is 1.30. The number of esters is 1. The molecule has 1 aliphatic carbocycles. The molecule has 1 fully saturated rings. The van der Waals surface area contributed by atoms with E-state index in [4.69, 9.17) is 16.3 Å². The zero-order valence-electron chi connectivity index (χ0n) is 18.3. The highest BCUT2D eigenvalue weighted by molar-refractivity contribution is 6.30. The smallest absolute Gasteiger partial charge is 0.343 e. The molecule has 0 saturated heterocycles. The van der Waals surface area contributed by atoms with Gasteiger partial charge in [0.1, 0.15) is 11.6 Å². The average Bonchev–Trinajstić information content (AvgIpc) is 2.82. The largest absolute Gasteiger partial charge is 0.423 e. The van der Waals surface area contributed by atoms with Crippen molar-refractivity contribution >= 4 is 17.6 Å². The van der Waals surface area contributed by atoms with Crippen LogP contribution >= 0.6 is 11.6 Å². The van der Waals surface area contributed by atoms with Crippen molar-refractivity contribution in [2.45, 2.75) is 50.9 Å². The van der Waals surface area contributed by atoms with Gasteiger partial charge in [-0.1, -0.05) is 61.0 Å². The van der Waals surface area contributed by atoms with Crippen molar-refractivity contribution in [3.8, 4) is 5.75 Å². The van der Waals surface area contributed by atoms with E-state index in [9.17, 15) is 9.18 Å². The molecule has 1 aliphatic rings. The fraction of sp³-hybridized carbons (Fsp3) is 0.321. The van der Waals surface area contributed by atoms with Crippen LogP contribution in [0.25, 0.3) is 0 Å². The Morgan fingerprint density at radius 2 is 1.69 bits per heavy atom. The molecule has 0 amide bonds. The third-order valence-corrected chi connectivity index (χ3v) is 6.93. The lowest BCUT2D eigenvalue weighted by Gasteiger charge is -2.30. The van der Waals surface area contributed by atoms with Crippen molar-refractivity contribution < 1.29 is 13.9 Å². The molecule has 4 rings (SSSR count). The van der Waals surface area contributed by atoms with Crippen LogP contribution in [0, 0.1) is 11.7 Å². The molecular weight excluding hydrogens is 423 g/mol. The van der Waals surface area contributed by atoms with Crippen LogP contribution in [0.15, 0.2) is 72.8 Å². The van der Waals surface area contributed by atoms with Gasteiger partial charge < -0.3 is 4.74 Å². The Labute approximate surface area is 194 Å². The molecule has 0 heterocycles. The van der Waals surface area contributed by atoms with Crippen LogP contribution in [0.2, 0.25) is 5.02 Å². The highest BCUT2D eigenvalue weighted by atomic mass is 35.5. The van der Waals surface area contributed by atoms with Crippen LogP contribution in [0.3, 0.4) is 0 Å². The monoisotopic (exact) mass is 450 g/mol. The van der Waals surface area contributed by atoms with Crippen LogP contribution in [-0.4, -0.2) is 5.97 Å². The Hall–Kier alpha value is -2.65. The highest BCUT2D eigenvalue weighted by Gasteiger charge is 2.24. The normalized spacial score (nSPS) is 19.3. The van der Waals surface area contributed by atoms with Gasteiger partial charge in [-0.25, -0.2) is 9.18 Å². The molecule has 1 saturated carbocycles. The predicted octanol–water partition coefficient (Wildman–Crippen LogP) is 8.17. The number of carbonyl (C=O) groups excluding carboxylic acids is 1. The molecule has 4 heteroatoms. The zero-order valence-corrected chi connectivity index (χ0v) is 19.0. The van der Waals surface area contributed by atoms with Crippen molar-refractivity contribution in [2.24, 2.45) is 5.92 Å². The number of rotatable bonds is 6. The Morgan fingerprint density at radius 1 is 1.00 bits per heavy atom. The SMILES string of the molecule is C[C@@H](CC1CCC(c2ccc(C(=O)Oc3ccc(Cl)c(F)c3)cc2)CC1)c1ccccc1. The van der Waals surface area contributed by atoms with Crippen LogP contribution in [0.5, 0.6) is 5.75 Å². The maximum atomic E-state index is 13.6. The molecule has 3 aromatic carbocycles. The summed E-state index contributed by atoms with van der Waals surface area (Å²) >= 11 is 5.67. The first-order valence-electron chi connectivity index (χ1n) is 11.3. The highest BCUT2D eigenvalue weighted by Crippen LogP contribution is 2.39. The van der Waals surface area contributed by atoms with Crippen molar-refractivity contribution in [3.63, 3.8) is 0 Å². The van der Waals surface area contributed by atoms with Gasteiger partial charge in [0.2, 0.25) is 0 Å². The van der Waals surface area contributed by atoms with Gasteiger partial charge in [-0.15, -0.1) is 0 Å². The lowest BCUT2D eigenvalue weighted by Crippen LogP contribution is -2.15. The Bertz CT molecular complexity index is 1040. The molecule has 0 unspecified atom stereocenters. The van der Waals surface area contributed by atoms with Crippen LogP contribution in [0.4, 0.5) is 4.39 Å². The standard InChI is InChI=1S/C28H28ClFO2/c1-19(21-5-3-2-4-6-21)17-20-7-9-22(10-8-20)23-11-13-24(14-12-23)28(31)32-25-15-16-26(29)27(30)18-25/h2-6,11-16,18-20,22H,7-10,17H2,1H3/t19-,20?,22?/m0/s1. The number of halogens is 2. The summed E-state index contributed by atoms with van der Waals surface area (Å²) in [5.41, 5.74) is 3.15. The van der Waals surface area contributed by atoms with Gasteiger partial charge in [0.15, 0.2) is 0 Å². The molecule has 0 bridgehead atoms. The molecule has 2 nitrogen and oxygen atoms in total. The lowest BCUT2D eigenvalue weighted by molar-refractivity contribution is 0.0734. The molecule has 0 aromatic heterocycles. The van der Waals surface area contributed by atoms with E-state index in [0.29, 0.717) is 17.4 Å². The lowest BCUT2D eigenvalue weighted by atomic mass is 9.75. The van der Waals surface area contributed by atoms with E-state index in [1.807, 2.05) is 12.1 Å². The quantitative estimate of drug-likeness (QED) is 0.279. The molecule has 0 radical (unpaired) electrons. The minimum atomic E-state index is -0.610. The van der Waals surface area contributed by atoms with Gasteiger partial charge in [-0.3, -0.25) is 0 Å². The van der Waals surface area contributed by atoms with Crippen LogP contribution < -0.4 is 4.74 Å². The molecular formula is C28H28ClFO2. The number of hydrogen-bond donors (Lipinski definition) is 0. The molecule has 166 valence electrons. The van der Waals surface area contributed by atoms with E-state index in [2.05, 4.69) is 37.3 Å². The third-order valence-electron chi connectivity index (χ3n) is 6.62. The summed E-state index contributed by atoms with van der Waals surface area (Å²) in [6, 6.07) is 22.4. The number of benzene rings is 3. The first-order chi connectivity index (χ1) is 15.5. The Morgan fingerprint density at radius 3 is 2.34 bits per heavy atom. The van der Waals surface area contributed by atoms with Crippen molar-refractivity contribution in [1.82, 2.24) is 0 Å². The van der Waals surface area contributed by atoms with Gasteiger partial charge in [-0.05, 0) is 85.3 Å². The molecule has 0 N–H and O–H groups in total. The Kier molecular flexibility index (Phi) is 7.26.